The highest BCUT2D eigenvalue weighted by Gasteiger charge is 2.27. The summed E-state index contributed by atoms with van der Waals surface area (Å²) in [6.45, 7) is 1.53. The van der Waals surface area contributed by atoms with Crippen LogP contribution < -0.4 is 15.4 Å². The van der Waals surface area contributed by atoms with Crippen LogP contribution in [0.1, 0.15) is 0 Å². The molecule has 0 spiro atoms. The number of thiocarbonyl (C=S) groups is 1. The van der Waals surface area contributed by atoms with Gasteiger partial charge in [0.2, 0.25) is 10.0 Å². The van der Waals surface area contributed by atoms with Gasteiger partial charge in [-0.2, -0.15) is 4.31 Å². The van der Waals surface area contributed by atoms with Gasteiger partial charge in [-0.3, -0.25) is 0 Å². The van der Waals surface area contributed by atoms with Crippen molar-refractivity contribution in [3.05, 3.63) is 18.2 Å². The van der Waals surface area contributed by atoms with Crippen molar-refractivity contribution in [2.75, 3.05) is 45.8 Å². The highest BCUT2D eigenvalue weighted by atomic mass is 32.2. The Balaban J connectivity index is 2.30. The Hall–Kier alpha value is -1.42. The SMILES string of the molecule is CNC(=S)Nc1ccc(S(=O)(=O)N2CCOCC2)cc1OC. The van der Waals surface area contributed by atoms with E-state index in [9.17, 15) is 8.42 Å². The quantitative estimate of drug-likeness (QED) is 0.775. The van der Waals surface area contributed by atoms with Crippen LogP contribution in [0.25, 0.3) is 0 Å². The number of benzene rings is 1. The van der Waals surface area contributed by atoms with E-state index >= 15 is 0 Å². The van der Waals surface area contributed by atoms with Crippen LogP contribution in [0.4, 0.5) is 5.69 Å². The average Bonchev–Trinajstić information content (AvgIpc) is 2.55. The Morgan fingerprint density at radius 3 is 2.64 bits per heavy atom. The van der Waals surface area contributed by atoms with E-state index in [1.165, 1.54) is 23.5 Å². The Morgan fingerprint density at radius 1 is 1.36 bits per heavy atom. The van der Waals surface area contributed by atoms with E-state index in [0.29, 0.717) is 42.9 Å². The topological polar surface area (TPSA) is 79.9 Å². The molecule has 7 nitrogen and oxygen atoms in total. The lowest BCUT2D eigenvalue weighted by molar-refractivity contribution is 0.0730. The molecule has 9 heteroatoms. The summed E-state index contributed by atoms with van der Waals surface area (Å²) in [5, 5.41) is 6.14. The van der Waals surface area contributed by atoms with E-state index < -0.39 is 10.0 Å². The van der Waals surface area contributed by atoms with E-state index in [-0.39, 0.29) is 4.90 Å². The van der Waals surface area contributed by atoms with Crippen molar-refractivity contribution in [2.45, 2.75) is 4.90 Å². The van der Waals surface area contributed by atoms with Gasteiger partial charge < -0.3 is 20.1 Å². The molecule has 1 aliphatic heterocycles. The summed E-state index contributed by atoms with van der Waals surface area (Å²) in [5.74, 6) is 0.409. The zero-order valence-electron chi connectivity index (χ0n) is 12.5. The molecule has 2 rings (SSSR count). The molecular formula is C13H19N3O4S2. The van der Waals surface area contributed by atoms with E-state index in [4.69, 9.17) is 21.7 Å². The third-order valence-electron chi connectivity index (χ3n) is 3.26. The molecule has 0 unspecified atom stereocenters. The van der Waals surface area contributed by atoms with Crippen LogP contribution in [-0.2, 0) is 14.8 Å². The number of hydrogen-bond acceptors (Lipinski definition) is 5. The van der Waals surface area contributed by atoms with E-state index in [1.54, 1.807) is 13.1 Å². The first-order chi connectivity index (χ1) is 10.5. The molecule has 122 valence electrons. The van der Waals surface area contributed by atoms with E-state index in [0.717, 1.165) is 0 Å². The largest absolute Gasteiger partial charge is 0.495 e. The highest BCUT2D eigenvalue weighted by molar-refractivity contribution is 7.89. The molecular weight excluding hydrogens is 326 g/mol. The van der Waals surface area contributed by atoms with Gasteiger partial charge in [-0.1, -0.05) is 0 Å². The van der Waals surface area contributed by atoms with Gasteiger partial charge in [0.15, 0.2) is 5.11 Å². The molecule has 2 N–H and O–H groups in total. The van der Waals surface area contributed by atoms with Crippen molar-refractivity contribution in [1.29, 1.82) is 0 Å². The molecule has 0 radical (unpaired) electrons. The van der Waals surface area contributed by atoms with Crippen LogP contribution in [0, 0.1) is 0 Å². The minimum atomic E-state index is -3.55. The van der Waals surface area contributed by atoms with Gasteiger partial charge in [0, 0.05) is 26.2 Å². The van der Waals surface area contributed by atoms with E-state index in [2.05, 4.69) is 10.6 Å². The second-order valence-corrected chi connectivity index (χ2v) is 6.93. The summed E-state index contributed by atoms with van der Waals surface area (Å²) < 4.78 is 37.1. The lowest BCUT2D eigenvalue weighted by atomic mass is 10.3. The van der Waals surface area contributed by atoms with Gasteiger partial charge in [-0.05, 0) is 24.4 Å². The van der Waals surface area contributed by atoms with Gasteiger partial charge in [0.05, 0.1) is 30.9 Å². The van der Waals surface area contributed by atoms with Crippen LogP contribution in [0.15, 0.2) is 23.1 Å². The number of hydrogen-bond donors (Lipinski definition) is 2. The Bertz CT molecular complexity index is 643. The summed E-state index contributed by atoms with van der Waals surface area (Å²) in [5.41, 5.74) is 0.600. The number of nitrogens with zero attached hydrogens (tertiary/aromatic N) is 1. The van der Waals surface area contributed by atoms with E-state index in [1.807, 2.05) is 0 Å². The Morgan fingerprint density at radius 2 is 2.05 bits per heavy atom. The summed E-state index contributed by atoms with van der Waals surface area (Å²) >= 11 is 5.04. The predicted octanol–water partition coefficient (Wildman–Crippen LogP) is 0.632. The molecule has 1 aromatic rings. The van der Waals surface area contributed by atoms with Crippen LogP contribution in [0.3, 0.4) is 0 Å². The standard InChI is InChI=1S/C13H19N3O4S2/c1-14-13(21)15-11-4-3-10(9-12(11)19-2)22(17,18)16-5-7-20-8-6-16/h3-4,9H,5-8H2,1-2H3,(H2,14,15,21). The van der Waals surface area contributed by atoms with Crippen LogP contribution in [-0.4, -0.2) is 58.3 Å². The zero-order valence-corrected chi connectivity index (χ0v) is 14.1. The normalized spacial score (nSPS) is 16.1. The molecule has 1 saturated heterocycles. The fourth-order valence-electron chi connectivity index (χ4n) is 2.06. The van der Waals surface area contributed by atoms with Crippen LogP contribution in [0.5, 0.6) is 5.75 Å². The molecule has 0 aromatic heterocycles. The number of morpholine rings is 1. The van der Waals surface area contributed by atoms with Gasteiger partial charge >= 0.3 is 0 Å². The molecule has 1 aliphatic rings. The molecule has 0 aliphatic carbocycles. The number of sulfonamides is 1. The lowest BCUT2D eigenvalue weighted by Crippen LogP contribution is -2.40. The predicted molar refractivity (Wildman–Crippen MR) is 87.9 cm³/mol. The van der Waals surface area contributed by atoms with Crippen LogP contribution in [0.2, 0.25) is 0 Å². The first-order valence-corrected chi connectivity index (χ1v) is 8.58. The number of rotatable bonds is 4. The molecule has 0 saturated carbocycles. The molecule has 0 amide bonds. The third-order valence-corrected chi connectivity index (χ3v) is 5.46. The number of methoxy groups -OCH3 is 1. The zero-order chi connectivity index (χ0) is 16.2. The van der Waals surface area contributed by atoms with Gasteiger partial charge in [0.1, 0.15) is 5.75 Å². The smallest absolute Gasteiger partial charge is 0.243 e. The summed E-state index contributed by atoms with van der Waals surface area (Å²) in [4.78, 5) is 0.187. The first-order valence-electron chi connectivity index (χ1n) is 6.73. The summed E-state index contributed by atoms with van der Waals surface area (Å²) in [6, 6.07) is 4.66. The molecule has 0 atom stereocenters. The van der Waals surface area contributed by atoms with Crippen molar-refractivity contribution in [1.82, 2.24) is 9.62 Å². The second kappa shape index (κ2) is 7.23. The van der Waals surface area contributed by atoms with Crippen molar-refractivity contribution < 1.29 is 17.9 Å². The summed E-state index contributed by atoms with van der Waals surface area (Å²) in [6.07, 6.45) is 0. The summed E-state index contributed by atoms with van der Waals surface area (Å²) in [7, 11) is -0.375. The average molecular weight is 345 g/mol. The van der Waals surface area contributed by atoms with Crippen molar-refractivity contribution in [2.24, 2.45) is 0 Å². The first kappa shape index (κ1) is 16.9. The maximum Gasteiger partial charge on any atom is 0.243 e. The number of ether oxygens (including phenoxy) is 2. The highest BCUT2D eigenvalue weighted by Crippen LogP contribution is 2.29. The molecule has 1 fully saturated rings. The monoisotopic (exact) mass is 345 g/mol. The van der Waals surface area contributed by atoms with Gasteiger partial charge in [0.25, 0.3) is 0 Å². The number of nitrogens with one attached hydrogen (secondary N) is 2. The Kier molecular flexibility index (Phi) is 5.57. The molecule has 1 aromatic carbocycles. The second-order valence-electron chi connectivity index (χ2n) is 4.58. The van der Waals surface area contributed by atoms with Crippen molar-refractivity contribution in [3.63, 3.8) is 0 Å². The molecule has 22 heavy (non-hydrogen) atoms. The third kappa shape index (κ3) is 3.67. The van der Waals surface area contributed by atoms with Gasteiger partial charge in [-0.25, -0.2) is 8.42 Å². The molecule has 0 bridgehead atoms. The fraction of sp³-hybridized carbons (Fsp3) is 0.462. The molecule has 1 heterocycles. The van der Waals surface area contributed by atoms with Gasteiger partial charge in [-0.15, -0.1) is 0 Å². The van der Waals surface area contributed by atoms with Crippen molar-refractivity contribution >= 4 is 33.0 Å². The minimum Gasteiger partial charge on any atom is -0.495 e. The maximum absolute atomic E-state index is 12.6. The maximum atomic E-state index is 12.6. The van der Waals surface area contributed by atoms with Crippen LogP contribution >= 0.6 is 12.2 Å². The lowest BCUT2D eigenvalue weighted by Gasteiger charge is -2.26. The minimum absolute atomic E-state index is 0.187. The fourth-order valence-corrected chi connectivity index (χ4v) is 3.59. The van der Waals surface area contributed by atoms with Crippen molar-refractivity contribution in [3.8, 4) is 5.75 Å². The number of anilines is 1. The Labute approximate surface area is 135 Å².